The molecule has 2 aliphatic rings. The van der Waals surface area contributed by atoms with Crippen molar-refractivity contribution < 1.29 is 9.47 Å². The highest BCUT2D eigenvalue weighted by atomic mass is 32.2. The summed E-state index contributed by atoms with van der Waals surface area (Å²) in [4.78, 5) is 4.25. The number of nitrogens with zero attached hydrogens (tertiary/aromatic N) is 1. The smallest absolute Gasteiger partial charge is 0.191 e. The van der Waals surface area contributed by atoms with Crippen molar-refractivity contribution in [1.82, 2.24) is 10.6 Å². The van der Waals surface area contributed by atoms with Gasteiger partial charge in [-0.1, -0.05) is 0 Å². The Balaban J connectivity index is 1.44. The second-order valence-electron chi connectivity index (χ2n) is 5.58. The standard InChI is InChI=1S/C15H29N3O2S/c1-16-15(18-11-14-6-3-10-21-14)17-7-4-8-19-12-13-5-2-9-20-13/h13-14H,2-12H2,1H3,(H2,16,17,18). The number of thioether (sulfide) groups is 1. The molecular formula is C15H29N3O2S. The minimum atomic E-state index is 0.330. The van der Waals surface area contributed by atoms with Crippen LogP contribution in [0.4, 0.5) is 0 Å². The number of guanidine groups is 1. The zero-order valence-electron chi connectivity index (χ0n) is 13.1. The molecule has 2 N–H and O–H groups in total. The first-order chi connectivity index (χ1) is 10.4. The van der Waals surface area contributed by atoms with Crippen molar-refractivity contribution in [2.75, 3.05) is 45.7 Å². The zero-order valence-corrected chi connectivity index (χ0v) is 13.9. The Bertz CT molecular complexity index is 303. The fraction of sp³-hybridized carbons (Fsp3) is 0.933. The summed E-state index contributed by atoms with van der Waals surface area (Å²) in [5.74, 6) is 2.21. The molecule has 0 bridgehead atoms. The van der Waals surface area contributed by atoms with E-state index in [1.165, 1.54) is 25.0 Å². The van der Waals surface area contributed by atoms with E-state index in [2.05, 4.69) is 27.4 Å². The molecule has 0 aromatic heterocycles. The Hall–Kier alpha value is -0.460. The first-order valence-corrected chi connectivity index (χ1v) is 9.19. The summed E-state index contributed by atoms with van der Waals surface area (Å²) >= 11 is 2.06. The highest BCUT2D eigenvalue weighted by molar-refractivity contribution is 8.00. The molecule has 2 heterocycles. The van der Waals surface area contributed by atoms with Crippen molar-refractivity contribution in [2.45, 2.75) is 43.5 Å². The van der Waals surface area contributed by atoms with Crippen LogP contribution in [0.15, 0.2) is 4.99 Å². The van der Waals surface area contributed by atoms with E-state index >= 15 is 0 Å². The summed E-state index contributed by atoms with van der Waals surface area (Å²) in [7, 11) is 1.82. The van der Waals surface area contributed by atoms with Gasteiger partial charge in [0.15, 0.2) is 5.96 Å². The van der Waals surface area contributed by atoms with Gasteiger partial charge in [-0.25, -0.2) is 0 Å². The van der Waals surface area contributed by atoms with E-state index in [1.54, 1.807) is 0 Å². The van der Waals surface area contributed by atoms with Crippen LogP contribution in [0.2, 0.25) is 0 Å². The first kappa shape index (κ1) is 16.9. The largest absolute Gasteiger partial charge is 0.379 e. The molecule has 2 rings (SSSR count). The van der Waals surface area contributed by atoms with Gasteiger partial charge in [-0.3, -0.25) is 4.99 Å². The van der Waals surface area contributed by atoms with E-state index in [4.69, 9.17) is 9.47 Å². The summed E-state index contributed by atoms with van der Waals surface area (Å²) in [5.41, 5.74) is 0. The van der Waals surface area contributed by atoms with Gasteiger partial charge in [0.05, 0.1) is 12.7 Å². The summed E-state index contributed by atoms with van der Waals surface area (Å²) in [6.07, 6.45) is 6.32. The van der Waals surface area contributed by atoms with Gasteiger partial charge in [-0.15, -0.1) is 0 Å². The van der Waals surface area contributed by atoms with Gasteiger partial charge >= 0.3 is 0 Å². The van der Waals surface area contributed by atoms with Gasteiger partial charge in [0.1, 0.15) is 0 Å². The minimum Gasteiger partial charge on any atom is -0.379 e. The van der Waals surface area contributed by atoms with Gasteiger partial charge in [-0.05, 0) is 37.9 Å². The number of aliphatic imine (C=N–C) groups is 1. The van der Waals surface area contributed by atoms with E-state index in [9.17, 15) is 0 Å². The normalized spacial score (nSPS) is 26.2. The lowest BCUT2D eigenvalue weighted by Gasteiger charge is -2.15. The Morgan fingerprint density at radius 2 is 2.29 bits per heavy atom. The Labute approximate surface area is 132 Å². The third-order valence-corrected chi connectivity index (χ3v) is 5.23. The quantitative estimate of drug-likeness (QED) is 0.405. The SMILES string of the molecule is CN=C(NCCCOCC1CCCO1)NCC1CCCS1. The average molecular weight is 315 g/mol. The number of rotatable bonds is 8. The molecule has 0 aromatic rings. The summed E-state index contributed by atoms with van der Waals surface area (Å²) < 4.78 is 11.2. The topological polar surface area (TPSA) is 54.9 Å². The highest BCUT2D eigenvalue weighted by Crippen LogP contribution is 2.25. The molecule has 2 aliphatic heterocycles. The van der Waals surface area contributed by atoms with E-state index in [1.807, 2.05) is 7.05 Å². The third kappa shape index (κ3) is 6.89. The van der Waals surface area contributed by atoms with Crippen molar-refractivity contribution in [1.29, 1.82) is 0 Å². The van der Waals surface area contributed by atoms with E-state index in [0.717, 1.165) is 57.0 Å². The maximum atomic E-state index is 5.65. The van der Waals surface area contributed by atoms with Crippen molar-refractivity contribution in [3.8, 4) is 0 Å². The van der Waals surface area contributed by atoms with Crippen LogP contribution in [-0.2, 0) is 9.47 Å². The highest BCUT2D eigenvalue weighted by Gasteiger charge is 2.16. The lowest BCUT2D eigenvalue weighted by atomic mass is 10.2. The van der Waals surface area contributed by atoms with E-state index in [-0.39, 0.29) is 0 Å². The van der Waals surface area contributed by atoms with Crippen molar-refractivity contribution in [3.05, 3.63) is 0 Å². The molecule has 2 fully saturated rings. The molecule has 2 saturated heterocycles. The number of hydrogen-bond acceptors (Lipinski definition) is 4. The number of ether oxygens (including phenoxy) is 2. The molecular weight excluding hydrogens is 286 g/mol. The fourth-order valence-corrected chi connectivity index (χ4v) is 3.81. The maximum absolute atomic E-state index is 5.65. The molecule has 0 aliphatic carbocycles. The Morgan fingerprint density at radius 1 is 1.33 bits per heavy atom. The fourth-order valence-electron chi connectivity index (χ4n) is 2.61. The van der Waals surface area contributed by atoms with Crippen molar-refractivity contribution in [2.24, 2.45) is 4.99 Å². The van der Waals surface area contributed by atoms with Crippen LogP contribution in [0, 0.1) is 0 Å². The molecule has 0 spiro atoms. The summed E-state index contributed by atoms with van der Waals surface area (Å²) in [6, 6.07) is 0. The lowest BCUT2D eigenvalue weighted by Crippen LogP contribution is -2.40. The van der Waals surface area contributed by atoms with Crippen LogP contribution >= 0.6 is 11.8 Å². The third-order valence-electron chi connectivity index (χ3n) is 3.83. The molecule has 6 heteroatoms. The molecule has 2 unspecified atom stereocenters. The molecule has 0 aromatic carbocycles. The second kappa shape index (κ2) is 10.3. The molecule has 122 valence electrons. The van der Waals surface area contributed by atoms with Crippen LogP contribution in [0.1, 0.15) is 32.1 Å². The molecule has 0 radical (unpaired) electrons. The van der Waals surface area contributed by atoms with Crippen LogP contribution in [0.25, 0.3) is 0 Å². The van der Waals surface area contributed by atoms with Crippen LogP contribution in [0.5, 0.6) is 0 Å². The predicted octanol–water partition coefficient (Wildman–Crippen LogP) is 1.63. The minimum absolute atomic E-state index is 0.330. The molecule has 5 nitrogen and oxygen atoms in total. The molecule has 2 atom stereocenters. The van der Waals surface area contributed by atoms with Gasteiger partial charge in [0, 0.05) is 38.6 Å². The Morgan fingerprint density at radius 3 is 3.00 bits per heavy atom. The van der Waals surface area contributed by atoms with Crippen molar-refractivity contribution >= 4 is 17.7 Å². The summed E-state index contributed by atoms with van der Waals surface area (Å²) in [5, 5.41) is 7.49. The number of hydrogen-bond donors (Lipinski definition) is 2. The molecule has 21 heavy (non-hydrogen) atoms. The first-order valence-electron chi connectivity index (χ1n) is 8.14. The second-order valence-corrected chi connectivity index (χ2v) is 6.99. The monoisotopic (exact) mass is 315 g/mol. The van der Waals surface area contributed by atoms with Gasteiger partial charge in [0.2, 0.25) is 0 Å². The number of nitrogens with one attached hydrogen (secondary N) is 2. The van der Waals surface area contributed by atoms with Crippen molar-refractivity contribution in [3.63, 3.8) is 0 Å². The van der Waals surface area contributed by atoms with Crippen LogP contribution < -0.4 is 10.6 Å². The molecule has 0 saturated carbocycles. The van der Waals surface area contributed by atoms with Crippen LogP contribution in [-0.4, -0.2) is 63.0 Å². The van der Waals surface area contributed by atoms with E-state index in [0.29, 0.717) is 6.10 Å². The predicted molar refractivity (Wildman–Crippen MR) is 89.3 cm³/mol. The lowest BCUT2D eigenvalue weighted by molar-refractivity contribution is 0.0168. The maximum Gasteiger partial charge on any atom is 0.191 e. The average Bonchev–Trinajstić information content (AvgIpc) is 3.19. The van der Waals surface area contributed by atoms with E-state index < -0.39 is 0 Å². The van der Waals surface area contributed by atoms with Gasteiger partial charge in [0.25, 0.3) is 0 Å². The molecule has 0 amide bonds. The Kier molecular flexibility index (Phi) is 8.29. The van der Waals surface area contributed by atoms with Gasteiger partial charge < -0.3 is 20.1 Å². The summed E-state index contributed by atoms with van der Waals surface area (Å²) in [6.45, 7) is 4.33. The zero-order chi connectivity index (χ0) is 14.8. The van der Waals surface area contributed by atoms with Crippen LogP contribution in [0.3, 0.4) is 0 Å². The van der Waals surface area contributed by atoms with Gasteiger partial charge in [-0.2, -0.15) is 11.8 Å².